The van der Waals surface area contributed by atoms with E-state index in [-0.39, 0.29) is 40.9 Å². The van der Waals surface area contributed by atoms with Gasteiger partial charge in [-0.3, -0.25) is 4.79 Å². The van der Waals surface area contributed by atoms with Gasteiger partial charge in [0.2, 0.25) is 11.4 Å². The predicted molar refractivity (Wildman–Crippen MR) is 155 cm³/mol. The van der Waals surface area contributed by atoms with Gasteiger partial charge in [-0.2, -0.15) is 4.98 Å². The summed E-state index contributed by atoms with van der Waals surface area (Å²) in [5, 5.41) is 0.127. The molecule has 212 valence electrons. The topological polar surface area (TPSA) is 145 Å². The summed E-state index contributed by atoms with van der Waals surface area (Å²) in [6, 6.07) is 6.61. The number of aromatic nitrogens is 3. The number of anilines is 2. The highest BCUT2D eigenvalue weighted by atomic mass is 19.1. The molecule has 0 amide bonds. The van der Waals surface area contributed by atoms with Gasteiger partial charge in [0.15, 0.2) is 11.5 Å². The summed E-state index contributed by atoms with van der Waals surface area (Å²) in [6.07, 6.45) is 8.61. The normalized spacial score (nSPS) is 13.1. The summed E-state index contributed by atoms with van der Waals surface area (Å²) < 4.78 is 33.5. The summed E-state index contributed by atoms with van der Waals surface area (Å²) in [4.78, 5) is 33.6. The molecule has 0 unspecified atom stereocenters. The number of methoxy groups -OCH3 is 2. The van der Waals surface area contributed by atoms with Crippen molar-refractivity contribution in [3.8, 4) is 11.5 Å². The molecule has 41 heavy (non-hydrogen) atoms. The predicted octanol–water partition coefficient (Wildman–Crippen LogP) is 4.39. The van der Waals surface area contributed by atoms with Gasteiger partial charge < -0.3 is 30.2 Å². The van der Waals surface area contributed by atoms with Crippen molar-refractivity contribution in [2.75, 3.05) is 32.3 Å². The molecule has 1 saturated carbocycles. The SMILES string of the molecule is CCOC(=O)c1cn(C2CC2)c2cc(/C=C/c3cc(Cc4cnc(N)nc4N)cc(OC)c3OC)c(F)cc2c1=O. The first kappa shape index (κ1) is 27.6. The average molecular weight is 560 g/mol. The molecule has 1 fully saturated rings. The standard InChI is InChI=1S/C30H30FN5O5/c1-4-41-29(38)22-15-36(20-7-8-20)24-12-17(23(31)13-21(24)26(22)37)5-6-18-9-16(11-25(39-2)27(18)40-3)10-19-14-34-30(33)35-28(19)32/h5-6,9,11-15,20H,4,7-8,10H2,1-3H3,(H4,32,33,34,35)/b6-5+. The number of nitrogens with two attached hydrogens (primary N) is 2. The molecule has 10 nitrogen and oxygen atoms in total. The van der Waals surface area contributed by atoms with Crippen molar-refractivity contribution in [2.24, 2.45) is 0 Å². The minimum Gasteiger partial charge on any atom is -0.493 e. The van der Waals surface area contributed by atoms with E-state index >= 15 is 4.39 Å². The summed E-state index contributed by atoms with van der Waals surface area (Å²) >= 11 is 0. The Morgan fingerprint density at radius 2 is 1.88 bits per heavy atom. The lowest BCUT2D eigenvalue weighted by Gasteiger charge is -2.15. The Kier molecular flexibility index (Phi) is 7.60. The number of benzene rings is 2. The van der Waals surface area contributed by atoms with Crippen LogP contribution in [0, 0.1) is 5.82 Å². The van der Waals surface area contributed by atoms with Crippen LogP contribution in [0.2, 0.25) is 0 Å². The van der Waals surface area contributed by atoms with Crippen LogP contribution in [-0.2, 0) is 11.2 Å². The summed E-state index contributed by atoms with van der Waals surface area (Å²) in [7, 11) is 3.05. The first-order chi connectivity index (χ1) is 19.7. The third-order valence-corrected chi connectivity index (χ3v) is 6.91. The number of rotatable bonds is 9. The highest BCUT2D eigenvalue weighted by molar-refractivity contribution is 5.94. The number of pyridine rings is 1. The number of nitrogens with zero attached hydrogens (tertiary/aromatic N) is 3. The van der Waals surface area contributed by atoms with Crippen molar-refractivity contribution in [3.63, 3.8) is 0 Å². The Labute approximate surface area is 235 Å². The molecule has 0 atom stereocenters. The number of ether oxygens (including phenoxy) is 3. The maximum atomic E-state index is 15.4. The molecule has 2 aromatic carbocycles. The van der Waals surface area contributed by atoms with E-state index in [1.807, 2.05) is 16.7 Å². The number of hydrogen-bond donors (Lipinski definition) is 2. The molecule has 4 N–H and O–H groups in total. The van der Waals surface area contributed by atoms with E-state index in [2.05, 4.69) is 9.97 Å². The zero-order valence-electron chi connectivity index (χ0n) is 22.9. The number of hydrogen-bond acceptors (Lipinski definition) is 9. The second-order valence-corrected chi connectivity index (χ2v) is 9.69. The summed E-state index contributed by atoms with van der Waals surface area (Å²) in [5.74, 6) is -0.0226. The zero-order chi connectivity index (χ0) is 29.3. The fourth-order valence-electron chi connectivity index (χ4n) is 4.77. The minimum atomic E-state index is -0.716. The molecule has 0 saturated heterocycles. The van der Waals surface area contributed by atoms with Gasteiger partial charge in [-0.25, -0.2) is 14.2 Å². The Hall–Kier alpha value is -4.93. The van der Waals surface area contributed by atoms with E-state index in [9.17, 15) is 9.59 Å². The van der Waals surface area contributed by atoms with Crippen LogP contribution in [0.1, 0.15) is 58.4 Å². The molecule has 0 radical (unpaired) electrons. The maximum Gasteiger partial charge on any atom is 0.343 e. The van der Waals surface area contributed by atoms with Gasteiger partial charge in [-0.15, -0.1) is 0 Å². The van der Waals surface area contributed by atoms with Crippen molar-refractivity contribution in [3.05, 3.63) is 80.5 Å². The Morgan fingerprint density at radius 1 is 1.12 bits per heavy atom. The Morgan fingerprint density at radius 3 is 2.54 bits per heavy atom. The van der Waals surface area contributed by atoms with Crippen LogP contribution < -0.4 is 26.4 Å². The number of fused-ring (bicyclic) bond motifs is 1. The van der Waals surface area contributed by atoms with E-state index in [1.54, 1.807) is 31.3 Å². The fraction of sp³-hybridized carbons (Fsp3) is 0.267. The van der Waals surface area contributed by atoms with Crippen LogP contribution >= 0.6 is 0 Å². The highest BCUT2D eigenvalue weighted by Crippen LogP contribution is 2.38. The molecule has 0 bridgehead atoms. The number of carbonyl (C=O) groups excluding carboxylic acids is 1. The van der Waals surface area contributed by atoms with Crippen LogP contribution in [0.15, 0.2) is 41.5 Å². The molecule has 0 spiro atoms. The molecule has 5 rings (SSSR count). The quantitative estimate of drug-likeness (QED) is 0.225. The lowest BCUT2D eigenvalue weighted by Crippen LogP contribution is -2.21. The number of halogens is 1. The molecule has 0 aliphatic heterocycles. The lowest BCUT2D eigenvalue weighted by atomic mass is 10.0. The molecular weight excluding hydrogens is 529 g/mol. The number of esters is 1. The third-order valence-electron chi connectivity index (χ3n) is 6.91. The Balaban J connectivity index is 1.57. The number of carbonyl (C=O) groups is 1. The van der Waals surface area contributed by atoms with Gasteiger partial charge >= 0.3 is 5.97 Å². The van der Waals surface area contributed by atoms with Crippen molar-refractivity contribution >= 4 is 40.8 Å². The van der Waals surface area contributed by atoms with Gasteiger partial charge in [-0.1, -0.05) is 12.2 Å². The third kappa shape index (κ3) is 5.56. The summed E-state index contributed by atoms with van der Waals surface area (Å²) in [5.41, 5.74) is 13.9. The van der Waals surface area contributed by atoms with Gasteiger partial charge in [0.25, 0.3) is 0 Å². The van der Waals surface area contributed by atoms with Gasteiger partial charge in [0, 0.05) is 46.9 Å². The van der Waals surface area contributed by atoms with E-state index in [0.717, 1.165) is 18.4 Å². The minimum absolute atomic E-state index is 0.0869. The molecule has 4 aromatic rings. The second-order valence-electron chi connectivity index (χ2n) is 9.69. The smallest absolute Gasteiger partial charge is 0.343 e. The molecular formula is C30H30FN5O5. The van der Waals surface area contributed by atoms with Crippen LogP contribution in [0.4, 0.5) is 16.2 Å². The molecule has 1 aliphatic rings. The van der Waals surface area contributed by atoms with Crippen molar-refractivity contribution in [1.82, 2.24) is 14.5 Å². The van der Waals surface area contributed by atoms with Crippen LogP contribution in [0.25, 0.3) is 23.1 Å². The Bertz CT molecular complexity index is 1750. The monoisotopic (exact) mass is 559 g/mol. The average Bonchev–Trinajstić information content (AvgIpc) is 3.79. The van der Waals surface area contributed by atoms with Crippen molar-refractivity contribution in [2.45, 2.75) is 32.2 Å². The van der Waals surface area contributed by atoms with Crippen LogP contribution in [0.3, 0.4) is 0 Å². The molecule has 1 aliphatic carbocycles. The summed E-state index contributed by atoms with van der Waals surface area (Å²) in [6.45, 7) is 1.80. The van der Waals surface area contributed by atoms with Crippen LogP contribution in [-0.4, -0.2) is 41.3 Å². The molecule has 2 heterocycles. The van der Waals surface area contributed by atoms with Crippen LogP contribution in [0.5, 0.6) is 11.5 Å². The van der Waals surface area contributed by atoms with E-state index in [1.165, 1.54) is 26.5 Å². The fourth-order valence-corrected chi connectivity index (χ4v) is 4.77. The first-order valence-corrected chi connectivity index (χ1v) is 13.1. The van der Waals surface area contributed by atoms with E-state index in [0.29, 0.717) is 34.6 Å². The van der Waals surface area contributed by atoms with E-state index in [4.69, 9.17) is 25.7 Å². The molecule has 2 aromatic heterocycles. The van der Waals surface area contributed by atoms with Crippen molar-refractivity contribution < 1.29 is 23.4 Å². The maximum absolute atomic E-state index is 15.4. The zero-order valence-corrected chi connectivity index (χ0v) is 22.9. The molecule has 11 heteroatoms. The van der Waals surface area contributed by atoms with Gasteiger partial charge in [0.1, 0.15) is 17.2 Å². The van der Waals surface area contributed by atoms with Gasteiger partial charge in [-0.05, 0) is 49.6 Å². The second kappa shape index (κ2) is 11.3. The number of nitrogen functional groups attached to an aromatic ring is 2. The largest absolute Gasteiger partial charge is 0.493 e. The van der Waals surface area contributed by atoms with Gasteiger partial charge in [0.05, 0.1) is 26.3 Å². The highest BCUT2D eigenvalue weighted by Gasteiger charge is 2.27. The lowest BCUT2D eigenvalue weighted by molar-refractivity contribution is 0.0524. The van der Waals surface area contributed by atoms with E-state index < -0.39 is 17.2 Å². The first-order valence-electron chi connectivity index (χ1n) is 13.1. The van der Waals surface area contributed by atoms with Crippen molar-refractivity contribution in [1.29, 1.82) is 0 Å².